The van der Waals surface area contributed by atoms with Crippen LogP contribution in [0, 0.1) is 0 Å². The summed E-state index contributed by atoms with van der Waals surface area (Å²) in [7, 11) is 0. The Morgan fingerprint density at radius 3 is 2.41 bits per heavy atom. The van der Waals surface area contributed by atoms with E-state index in [0.717, 1.165) is 17.1 Å². The van der Waals surface area contributed by atoms with Gasteiger partial charge >= 0.3 is 0 Å². The van der Waals surface area contributed by atoms with Crippen LogP contribution in [-0.4, -0.2) is 5.54 Å². The molecule has 1 saturated carbocycles. The SMILES string of the molecule is C=CCC1(Nc2ccc(Cl)cc2)CCCCC1. The van der Waals surface area contributed by atoms with Crippen molar-refractivity contribution < 1.29 is 0 Å². The molecular formula is C15H20ClN. The van der Waals surface area contributed by atoms with Gasteiger partial charge in [-0.25, -0.2) is 0 Å². The third-order valence-electron chi connectivity index (χ3n) is 3.60. The third-order valence-corrected chi connectivity index (χ3v) is 3.85. The van der Waals surface area contributed by atoms with Crippen LogP contribution in [0.5, 0.6) is 0 Å². The van der Waals surface area contributed by atoms with E-state index in [9.17, 15) is 0 Å². The highest BCUT2D eigenvalue weighted by atomic mass is 35.5. The summed E-state index contributed by atoms with van der Waals surface area (Å²) in [5.41, 5.74) is 1.38. The van der Waals surface area contributed by atoms with Gasteiger partial charge in [-0.05, 0) is 43.5 Å². The zero-order valence-corrected chi connectivity index (χ0v) is 11.0. The van der Waals surface area contributed by atoms with Crippen LogP contribution in [0.3, 0.4) is 0 Å². The first-order chi connectivity index (χ1) is 8.24. The van der Waals surface area contributed by atoms with Crippen LogP contribution < -0.4 is 5.32 Å². The zero-order chi connectivity index (χ0) is 12.1. The van der Waals surface area contributed by atoms with Crippen molar-refractivity contribution in [2.24, 2.45) is 0 Å². The maximum Gasteiger partial charge on any atom is 0.0408 e. The van der Waals surface area contributed by atoms with Crippen molar-refractivity contribution in [2.45, 2.75) is 44.1 Å². The fraction of sp³-hybridized carbons (Fsp3) is 0.467. The van der Waals surface area contributed by atoms with Crippen LogP contribution in [0.25, 0.3) is 0 Å². The maximum atomic E-state index is 5.91. The summed E-state index contributed by atoms with van der Waals surface area (Å²) in [6.07, 6.45) is 9.54. The Bertz CT molecular complexity index is 363. The second-order valence-corrected chi connectivity index (χ2v) is 5.40. The van der Waals surface area contributed by atoms with Gasteiger partial charge < -0.3 is 5.32 Å². The van der Waals surface area contributed by atoms with Crippen LogP contribution in [0.2, 0.25) is 5.02 Å². The van der Waals surface area contributed by atoms with Crippen LogP contribution in [0.15, 0.2) is 36.9 Å². The molecule has 0 spiro atoms. The average molecular weight is 250 g/mol. The molecule has 0 aromatic heterocycles. The molecule has 0 unspecified atom stereocenters. The Morgan fingerprint density at radius 1 is 1.18 bits per heavy atom. The molecule has 2 heteroatoms. The van der Waals surface area contributed by atoms with E-state index in [-0.39, 0.29) is 5.54 Å². The highest BCUT2D eigenvalue weighted by Crippen LogP contribution is 2.34. The molecule has 92 valence electrons. The molecule has 0 heterocycles. The molecule has 17 heavy (non-hydrogen) atoms. The van der Waals surface area contributed by atoms with E-state index in [1.54, 1.807) is 0 Å². The number of halogens is 1. The van der Waals surface area contributed by atoms with Gasteiger partial charge in [-0.1, -0.05) is 36.9 Å². The minimum Gasteiger partial charge on any atom is -0.379 e. The lowest BCUT2D eigenvalue weighted by Gasteiger charge is -2.38. The number of hydrogen-bond donors (Lipinski definition) is 1. The van der Waals surface area contributed by atoms with E-state index >= 15 is 0 Å². The first kappa shape index (κ1) is 12.5. The molecule has 2 rings (SSSR count). The zero-order valence-electron chi connectivity index (χ0n) is 10.2. The predicted molar refractivity (Wildman–Crippen MR) is 75.7 cm³/mol. The Labute approximate surface area is 109 Å². The topological polar surface area (TPSA) is 12.0 Å². The largest absolute Gasteiger partial charge is 0.379 e. The molecule has 1 nitrogen and oxygen atoms in total. The second kappa shape index (κ2) is 5.59. The molecule has 1 aliphatic carbocycles. The van der Waals surface area contributed by atoms with Gasteiger partial charge in [0.1, 0.15) is 0 Å². The second-order valence-electron chi connectivity index (χ2n) is 4.97. The van der Waals surface area contributed by atoms with E-state index in [1.165, 1.54) is 32.1 Å². The molecule has 0 amide bonds. The van der Waals surface area contributed by atoms with Crippen molar-refractivity contribution >= 4 is 17.3 Å². The molecule has 1 aromatic rings. The Morgan fingerprint density at radius 2 is 1.82 bits per heavy atom. The third kappa shape index (κ3) is 3.26. The summed E-state index contributed by atoms with van der Waals surface area (Å²) < 4.78 is 0. The number of benzene rings is 1. The summed E-state index contributed by atoms with van der Waals surface area (Å²) in [5, 5.41) is 4.48. The summed E-state index contributed by atoms with van der Waals surface area (Å²) in [5.74, 6) is 0. The first-order valence-corrected chi connectivity index (χ1v) is 6.77. The maximum absolute atomic E-state index is 5.91. The summed E-state index contributed by atoms with van der Waals surface area (Å²) in [4.78, 5) is 0. The van der Waals surface area contributed by atoms with Crippen LogP contribution in [0.1, 0.15) is 38.5 Å². The molecule has 1 N–H and O–H groups in total. The van der Waals surface area contributed by atoms with E-state index in [2.05, 4.69) is 24.0 Å². The molecule has 0 saturated heterocycles. The molecule has 1 fully saturated rings. The van der Waals surface area contributed by atoms with Crippen LogP contribution >= 0.6 is 11.6 Å². The fourth-order valence-corrected chi connectivity index (χ4v) is 2.85. The quantitative estimate of drug-likeness (QED) is 0.738. The van der Waals surface area contributed by atoms with Gasteiger partial charge in [-0.2, -0.15) is 0 Å². The lowest BCUT2D eigenvalue weighted by molar-refractivity contribution is 0.326. The first-order valence-electron chi connectivity index (χ1n) is 6.39. The Kier molecular flexibility index (Phi) is 4.11. The van der Waals surface area contributed by atoms with E-state index < -0.39 is 0 Å². The standard InChI is InChI=1S/C15H20ClN/c1-2-10-15(11-4-3-5-12-15)17-14-8-6-13(16)7-9-14/h2,6-9,17H,1,3-5,10-12H2. The summed E-state index contributed by atoms with van der Waals surface area (Å²) >= 11 is 5.91. The van der Waals surface area contributed by atoms with Crippen molar-refractivity contribution in [3.63, 3.8) is 0 Å². The highest BCUT2D eigenvalue weighted by molar-refractivity contribution is 6.30. The van der Waals surface area contributed by atoms with E-state index in [1.807, 2.05) is 18.2 Å². The predicted octanol–water partition coefficient (Wildman–Crippen LogP) is 5.03. The van der Waals surface area contributed by atoms with Crippen molar-refractivity contribution in [3.05, 3.63) is 41.9 Å². The number of anilines is 1. The number of nitrogens with one attached hydrogen (secondary N) is 1. The molecule has 1 aromatic carbocycles. The highest BCUT2D eigenvalue weighted by Gasteiger charge is 2.30. The molecule has 0 bridgehead atoms. The number of rotatable bonds is 4. The lowest BCUT2D eigenvalue weighted by atomic mass is 9.79. The molecule has 1 aliphatic rings. The fourth-order valence-electron chi connectivity index (χ4n) is 2.72. The van der Waals surface area contributed by atoms with Gasteiger partial charge in [0.2, 0.25) is 0 Å². The van der Waals surface area contributed by atoms with E-state index in [0.29, 0.717) is 0 Å². The van der Waals surface area contributed by atoms with Gasteiger partial charge in [0.05, 0.1) is 0 Å². The van der Waals surface area contributed by atoms with Gasteiger partial charge in [0.25, 0.3) is 0 Å². The molecule has 0 radical (unpaired) electrons. The molecule has 0 atom stereocenters. The number of hydrogen-bond acceptors (Lipinski definition) is 1. The van der Waals surface area contributed by atoms with Crippen molar-refractivity contribution in [2.75, 3.05) is 5.32 Å². The van der Waals surface area contributed by atoms with Crippen LogP contribution in [0.4, 0.5) is 5.69 Å². The van der Waals surface area contributed by atoms with Crippen molar-refractivity contribution in [3.8, 4) is 0 Å². The average Bonchev–Trinajstić information content (AvgIpc) is 2.34. The summed E-state index contributed by atoms with van der Waals surface area (Å²) in [6, 6.07) is 7.99. The monoisotopic (exact) mass is 249 g/mol. The van der Waals surface area contributed by atoms with Gasteiger partial charge in [0, 0.05) is 16.2 Å². The molecular weight excluding hydrogens is 230 g/mol. The van der Waals surface area contributed by atoms with Crippen molar-refractivity contribution in [1.29, 1.82) is 0 Å². The smallest absolute Gasteiger partial charge is 0.0408 e. The van der Waals surface area contributed by atoms with Gasteiger partial charge in [-0.15, -0.1) is 6.58 Å². The summed E-state index contributed by atoms with van der Waals surface area (Å²) in [6.45, 7) is 3.89. The van der Waals surface area contributed by atoms with E-state index in [4.69, 9.17) is 11.6 Å². The Balaban J connectivity index is 2.11. The van der Waals surface area contributed by atoms with Crippen LogP contribution in [-0.2, 0) is 0 Å². The molecule has 0 aliphatic heterocycles. The van der Waals surface area contributed by atoms with Crippen molar-refractivity contribution in [1.82, 2.24) is 0 Å². The normalized spacial score (nSPS) is 18.6. The minimum atomic E-state index is 0.216. The van der Waals surface area contributed by atoms with Gasteiger partial charge in [0.15, 0.2) is 0 Å². The minimum absolute atomic E-state index is 0.216. The van der Waals surface area contributed by atoms with Gasteiger partial charge in [-0.3, -0.25) is 0 Å². The Hall–Kier alpha value is -0.950. The lowest BCUT2D eigenvalue weighted by Crippen LogP contribution is -2.39.